The fourth-order valence-corrected chi connectivity index (χ4v) is 4.70. The lowest BCUT2D eigenvalue weighted by molar-refractivity contribution is -0.119. The van der Waals surface area contributed by atoms with Gasteiger partial charge in [-0.1, -0.05) is 43.3 Å². The van der Waals surface area contributed by atoms with Gasteiger partial charge in [0.25, 0.3) is 0 Å². The van der Waals surface area contributed by atoms with Crippen LogP contribution in [0.25, 0.3) is 0 Å². The summed E-state index contributed by atoms with van der Waals surface area (Å²) in [5.74, 6) is 2.23. The zero-order valence-electron chi connectivity index (χ0n) is 17.3. The van der Waals surface area contributed by atoms with E-state index in [-0.39, 0.29) is 11.9 Å². The fraction of sp³-hybridized carbons (Fsp3) is 0.458. The van der Waals surface area contributed by atoms with Crippen molar-refractivity contribution in [3.8, 4) is 0 Å². The van der Waals surface area contributed by atoms with Crippen molar-refractivity contribution >= 4 is 23.4 Å². The Morgan fingerprint density at radius 3 is 2.68 bits per heavy atom. The second kappa shape index (κ2) is 10.0. The van der Waals surface area contributed by atoms with Crippen LogP contribution >= 0.6 is 11.8 Å². The van der Waals surface area contributed by atoms with Crippen LogP contribution in [0.15, 0.2) is 48.5 Å². The Bertz CT molecular complexity index is 774. The first-order chi connectivity index (χ1) is 13.5. The number of aryl methyl sites for hydroxylation is 1. The molecule has 150 valence electrons. The first-order valence-electron chi connectivity index (χ1n) is 10.3. The summed E-state index contributed by atoms with van der Waals surface area (Å²) in [5.41, 5.74) is 5.04. The summed E-state index contributed by atoms with van der Waals surface area (Å²) < 4.78 is 0. The molecule has 1 N–H and O–H groups in total. The predicted molar refractivity (Wildman–Crippen MR) is 121 cm³/mol. The molecule has 0 saturated carbocycles. The normalized spacial score (nSPS) is 18.0. The van der Waals surface area contributed by atoms with Gasteiger partial charge < -0.3 is 10.2 Å². The van der Waals surface area contributed by atoms with Crippen molar-refractivity contribution in [2.75, 3.05) is 23.7 Å². The molecule has 0 aromatic heterocycles. The van der Waals surface area contributed by atoms with E-state index in [4.69, 9.17) is 0 Å². The number of hydrogen-bond donors (Lipinski definition) is 1. The van der Waals surface area contributed by atoms with Gasteiger partial charge in [-0.25, -0.2) is 0 Å². The van der Waals surface area contributed by atoms with Gasteiger partial charge in [0.1, 0.15) is 0 Å². The van der Waals surface area contributed by atoms with Gasteiger partial charge in [0.15, 0.2) is 0 Å². The van der Waals surface area contributed by atoms with Crippen LogP contribution in [0.4, 0.5) is 5.69 Å². The zero-order chi connectivity index (χ0) is 19.9. The van der Waals surface area contributed by atoms with Crippen molar-refractivity contribution in [1.82, 2.24) is 5.32 Å². The summed E-state index contributed by atoms with van der Waals surface area (Å²) in [6.45, 7) is 8.79. The number of thioether (sulfide) groups is 1. The summed E-state index contributed by atoms with van der Waals surface area (Å²) in [4.78, 5) is 14.8. The number of anilines is 1. The van der Waals surface area contributed by atoms with Gasteiger partial charge in [-0.3, -0.25) is 4.79 Å². The quantitative estimate of drug-likeness (QED) is 0.685. The summed E-state index contributed by atoms with van der Waals surface area (Å²) >= 11 is 1.67. The lowest BCUT2D eigenvalue weighted by Crippen LogP contribution is -2.34. The molecule has 0 spiro atoms. The maximum Gasteiger partial charge on any atom is 0.230 e. The third-order valence-electron chi connectivity index (χ3n) is 5.54. The summed E-state index contributed by atoms with van der Waals surface area (Å²) in [6.07, 6.45) is 2.61. The maximum atomic E-state index is 12.3. The molecule has 1 fully saturated rings. The molecule has 0 bridgehead atoms. The highest BCUT2D eigenvalue weighted by molar-refractivity contribution is 7.99. The summed E-state index contributed by atoms with van der Waals surface area (Å²) in [6, 6.07) is 17.1. The maximum absolute atomic E-state index is 12.3. The highest BCUT2D eigenvalue weighted by atomic mass is 32.2. The van der Waals surface area contributed by atoms with Crippen LogP contribution < -0.4 is 10.2 Å². The highest BCUT2D eigenvalue weighted by Crippen LogP contribution is 2.24. The number of carbonyl (C=O) groups excluding carboxylic acids is 1. The second-order valence-corrected chi connectivity index (χ2v) is 8.98. The largest absolute Gasteiger partial charge is 0.371 e. The number of piperidine rings is 1. The number of rotatable bonds is 7. The summed E-state index contributed by atoms with van der Waals surface area (Å²) in [7, 11) is 0. The first kappa shape index (κ1) is 20.8. The Kier molecular flexibility index (Phi) is 7.43. The first-order valence-corrected chi connectivity index (χ1v) is 11.4. The fourth-order valence-electron chi connectivity index (χ4n) is 3.79. The molecule has 0 unspecified atom stereocenters. The van der Waals surface area contributed by atoms with Crippen molar-refractivity contribution in [3.05, 3.63) is 65.2 Å². The molecular formula is C24H32N2OS. The van der Waals surface area contributed by atoms with Crippen LogP contribution in [0, 0.1) is 12.8 Å². The van der Waals surface area contributed by atoms with Gasteiger partial charge in [0.05, 0.1) is 11.8 Å². The van der Waals surface area contributed by atoms with Gasteiger partial charge >= 0.3 is 0 Å². The van der Waals surface area contributed by atoms with E-state index in [1.165, 1.54) is 29.7 Å². The van der Waals surface area contributed by atoms with Crippen LogP contribution in [0.5, 0.6) is 0 Å². The Labute approximate surface area is 173 Å². The van der Waals surface area contributed by atoms with Crippen molar-refractivity contribution in [2.45, 2.75) is 45.4 Å². The van der Waals surface area contributed by atoms with Crippen molar-refractivity contribution < 1.29 is 4.79 Å². The number of benzene rings is 2. The van der Waals surface area contributed by atoms with E-state index in [1.54, 1.807) is 11.8 Å². The minimum Gasteiger partial charge on any atom is -0.371 e. The number of nitrogens with one attached hydrogen (secondary N) is 1. The molecule has 1 aliphatic heterocycles. The third kappa shape index (κ3) is 5.78. The molecule has 28 heavy (non-hydrogen) atoms. The Balaban J connectivity index is 1.46. The minimum absolute atomic E-state index is 0.0286. The van der Waals surface area contributed by atoms with E-state index in [1.807, 2.05) is 0 Å². The monoisotopic (exact) mass is 396 g/mol. The molecule has 3 rings (SSSR count). The number of hydrogen-bond acceptors (Lipinski definition) is 3. The molecule has 2 atom stereocenters. The van der Waals surface area contributed by atoms with Gasteiger partial charge in [-0.15, -0.1) is 11.8 Å². The van der Waals surface area contributed by atoms with E-state index in [9.17, 15) is 4.79 Å². The molecule has 1 saturated heterocycles. The standard InChI is InChI=1S/C24H32N2OS/c1-18-7-6-14-26(15-18)23-12-10-21(11-13-23)20(3)25-24(27)17-28-16-22-9-5-4-8-19(22)2/h4-5,8-13,18,20H,6-7,14-17H2,1-3H3,(H,25,27)/t18-,20-/m0/s1. The van der Waals surface area contributed by atoms with E-state index in [0.717, 1.165) is 30.3 Å². The zero-order valence-corrected chi connectivity index (χ0v) is 18.1. The molecule has 1 aliphatic rings. The number of carbonyl (C=O) groups is 1. The van der Waals surface area contributed by atoms with Crippen molar-refractivity contribution in [1.29, 1.82) is 0 Å². The Hall–Kier alpha value is -1.94. The molecule has 3 nitrogen and oxygen atoms in total. The second-order valence-electron chi connectivity index (χ2n) is 7.99. The number of nitrogens with zero attached hydrogens (tertiary/aromatic N) is 1. The Morgan fingerprint density at radius 1 is 1.21 bits per heavy atom. The van der Waals surface area contributed by atoms with Crippen molar-refractivity contribution in [2.24, 2.45) is 5.92 Å². The van der Waals surface area contributed by atoms with E-state index >= 15 is 0 Å². The average molecular weight is 397 g/mol. The third-order valence-corrected chi connectivity index (χ3v) is 6.53. The minimum atomic E-state index is 0.0286. The van der Waals surface area contributed by atoms with Crippen molar-refractivity contribution in [3.63, 3.8) is 0 Å². The molecule has 4 heteroatoms. The lowest BCUT2D eigenvalue weighted by atomic mass is 9.99. The lowest BCUT2D eigenvalue weighted by Gasteiger charge is -2.33. The smallest absolute Gasteiger partial charge is 0.230 e. The Morgan fingerprint density at radius 2 is 1.96 bits per heavy atom. The molecule has 1 heterocycles. The van der Waals surface area contributed by atoms with Gasteiger partial charge in [-0.05, 0) is 61.4 Å². The summed E-state index contributed by atoms with van der Waals surface area (Å²) in [5, 5.41) is 3.13. The van der Waals surface area contributed by atoms with Gasteiger partial charge in [0.2, 0.25) is 5.91 Å². The topological polar surface area (TPSA) is 32.3 Å². The van der Waals surface area contributed by atoms with E-state index < -0.39 is 0 Å². The average Bonchev–Trinajstić information content (AvgIpc) is 2.69. The highest BCUT2D eigenvalue weighted by Gasteiger charge is 2.17. The molecule has 1 amide bonds. The van der Waals surface area contributed by atoms with Gasteiger partial charge in [0, 0.05) is 24.5 Å². The van der Waals surface area contributed by atoms with Crippen LogP contribution in [0.1, 0.15) is 49.4 Å². The SMILES string of the molecule is Cc1ccccc1CSCC(=O)N[C@@H](C)c1ccc(N2CCC[C@H](C)C2)cc1. The van der Waals surface area contributed by atoms with E-state index in [2.05, 4.69) is 79.5 Å². The van der Waals surface area contributed by atoms with Crippen LogP contribution in [-0.4, -0.2) is 24.7 Å². The molecule has 0 radical (unpaired) electrons. The molecular weight excluding hydrogens is 364 g/mol. The number of amides is 1. The van der Waals surface area contributed by atoms with Crippen LogP contribution in [0.3, 0.4) is 0 Å². The molecule has 0 aliphatic carbocycles. The molecule has 2 aromatic rings. The molecule has 2 aromatic carbocycles. The van der Waals surface area contributed by atoms with Crippen LogP contribution in [-0.2, 0) is 10.5 Å². The van der Waals surface area contributed by atoms with Crippen LogP contribution in [0.2, 0.25) is 0 Å². The predicted octanol–water partition coefficient (Wildman–Crippen LogP) is 5.34. The van der Waals surface area contributed by atoms with Gasteiger partial charge in [-0.2, -0.15) is 0 Å². The van der Waals surface area contributed by atoms with E-state index in [0.29, 0.717) is 5.75 Å².